The van der Waals surface area contributed by atoms with Crippen molar-refractivity contribution in [2.24, 2.45) is 0 Å². The van der Waals surface area contributed by atoms with Crippen LogP contribution in [0.2, 0.25) is 0 Å². The third-order valence-corrected chi connectivity index (χ3v) is 2.99. The largest absolute Gasteiger partial charge is 0.497 e. The van der Waals surface area contributed by atoms with Gasteiger partial charge in [-0.05, 0) is 38.2 Å². The minimum absolute atomic E-state index is 0.741. The molecule has 0 aliphatic rings. The number of aromatic nitrogens is 2. The van der Waals surface area contributed by atoms with Gasteiger partial charge in [-0.2, -0.15) is 0 Å². The number of hydrogen-bond acceptors (Lipinski definition) is 2. The number of nitrogens with zero attached hydrogens (tertiary/aromatic N) is 1. The predicted molar refractivity (Wildman–Crippen MR) is 73.1 cm³/mol. The minimum atomic E-state index is 0.741. The van der Waals surface area contributed by atoms with Crippen molar-refractivity contribution in [2.75, 3.05) is 7.11 Å². The number of aromatic amines is 1. The van der Waals surface area contributed by atoms with Gasteiger partial charge in [-0.25, -0.2) is 0 Å². The lowest BCUT2D eigenvalue weighted by Gasteiger charge is -2.02. The Morgan fingerprint density at radius 3 is 2.88 bits per heavy atom. The monoisotopic (exact) mass is 248 g/mol. The maximum absolute atomic E-state index is 5.32. The van der Waals surface area contributed by atoms with E-state index in [-0.39, 0.29) is 0 Å². The van der Waals surface area contributed by atoms with Gasteiger partial charge in [-0.15, -0.1) is 0 Å². The van der Waals surface area contributed by atoms with Crippen LogP contribution in [0, 0.1) is 4.77 Å². The number of rotatable bonds is 3. The Balaban J connectivity index is 2.53. The minimum Gasteiger partial charge on any atom is -0.497 e. The van der Waals surface area contributed by atoms with E-state index in [4.69, 9.17) is 17.0 Å². The SMILES string of the molecule is COc1ccc2c(c1)[nH]c(=S)n2CC=C(C)C. The highest BCUT2D eigenvalue weighted by atomic mass is 32.1. The first kappa shape index (κ1) is 11.9. The molecule has 90 valence electrons. The third kappa shape index (κ3) is 2.42. The van der Waals surface area contributed by atoms with Crippen molar-refractivity contribution < 1.29 is 4.74 Å². The van der Waals surface area contributed by atoms with E-state index in [0.29, 0.717) is 0 Å². The number of H-pyrrole nitrogens is 1. The van der Waals surface area contributed by atoms with Gasteiger partial charge in [0.25, 0.3) is 0 Å². The number of allylic oxidation sites excluding steroid dienone is 2. The predicted octanol–water partition coefficient (Wildman–Crippen LogP) is 3.67. The van der Waals surface area contributed by atoms with Gasteiger partial charge in [0.1, 0.15) is 5.75 Å². The fraction of sp³-hybridized carbons (Fsp3) is 0.308. The molecule has 3 nitrogen and oxygen atoms in total. The van der Waals surface area contributed by atoms with Crippen LogP contribution in [-0.4, -0.2) is 16.7 Å². The molecule has 0 aliphatic carbocycles. The Labute approximate surface area is 106 Å². The second kappa shape index (κ2) is 4.75. The zero-order chi connectivity index (χ0) is 12.4. The van der Waals surface area contributed by atoms with Crippen molar-refractivity contribution in [3.63, 3.8) is 0 Å². The average Bonchev–Trinajstić information content (AvgIpc) is 2.60. The van der Waals surface area contributed by atoms with Crippen molar-refractivity contribution in [3.05, 3.63) is 34.6 Å². The van der Waals surface area contributed by atoms with Gasteiger partial charge < -0.3 is 14.3 Å². The van der Waals surface area contributed by atoms with Crippen molar-refractivity contribution in [3.8, 4) is 5.75 Å². The van der Waals surface area contributed by atoms with Crippen molar-refractivity contribution in [1.82, 2.24) is 9.55 Å². The first-order chi connectivity index (χ1) is 8.11. The van der Waals surface area contributed by atoms with E-state index in [9.17, 15) is 0 Å². The fourth-order valence-corrected chi connectivity index (χ4v) is 2.01. The molecule has 0 unspecified atom stereocenters. The Kier molecular flexibility index (Phi) is 3.33. The lowest BCUT2D eigenvalue weighted by Crippen LogP contribution is -1.95. The first-order valence-corrected chi connectivity index (χ1v) is 5.92. The van der Waals surface area contributed by atoms with Crippen LogP contribution in [0.15, 0.2) is 29.8 Å². The quantitative estimate of drug-likeness (QED) is 0.663. The van der Waals surface area contributed by atoms with Gasteiger partial charge in [0.15, 0.2) is 4.77 Å². The molecule has 0 amide bonds. The number of benzene rings is 1. The van der Waals surface area contributed by atoms with Crippen LogP contribution >= 0.6 is 12.2 Å². The van der Waals surface area contributed by atoms with E-state index >= 15 is 0 Å². The van der Waals surface area contributed by atoms with Crippen LogP contribution in [0.5, 0.6) is 5.75 Å². The second-order valence-corrected chi connectivity index (χ2v) is 4.59. The van der Waals surface area contributed by atoms with E-state index in [2.05, 4.69) is 29.5 Å². The zero-order valence-electron chi connectivity index (χ0n) is 10.3. The topological polar surface area (TPSA) is 29.9 Å². The Hall–Kier alpha value is -1.55. The highest BCUT2D eigenvalue weighted by Gasteiger charge is 2.04. The number of hydrogen-bond donors (Lipinski definition) is 1. The molecule has 17 heavy (non-hydrogen) atoms. The van der Waals surface area contributed by atoms with Crippen LogP contribution in [0.4, 0.5) is 0 Å². The molecule has 0 saturated heterocycles. The molecule has 1 N–H and O–H groups in total. The van der Waals surface area contributed by atoms with Gasteiger partial charge in [-0.1, -0.05) is 11.6 Å². The number of methoxy groups -OCH3 is 1. The molecule has 0 radical (unpaired) electrons. The smallest absolute Gasteiger partial charge is 0.178 e. The van der Waals surface area contributed by atoms with Crippen LogP contribution in [0.25, 0.3) is 11.0 Å². The summed E-state index contributed by atoms with van der Waals surface area (Å²) in [6.45, 7) is 4.97. The van der Waals surface area contributed by atoms with Crippen molar-refractivity contribution >= 4 is 23.3 Å². The number of fused-ring (bicyclic) bond motifs is 1. The molecule has 2 rings (SSSR count). The second-order valence-electron chi connectivity index (χ2n) is 4.21. The Bertz CT molecular complexity index is 618. The summed E-state index contributed by atoms with van der Waals surface area (Å²) >= 11 is 5.32. The summed E-state index contributed by atoms with van der Waals surface area (Å²) in [5, 5.41) is 0. The lowest BCUT2D eigenvalue weighted by molar-refractivity contribution is 0.415. The van der Waals surface area contributed by atoms with Gasteiger partial charge in [0.05, 0.1) is 18.1 Å². The molecule has 1 aromatic heterocycles. The van der Waals surface area contributed by atoms with E-state index in [1.165, 1.54) is 5.57 Å². The molecule has 0 atom stereocenters. The maximum atomic E-state index is 5.32. The van der Waals surface area contributed by atoms with Crippen LogP contribution in [-0.2, 0) is 6.54 Å². The Morgan fingerprint density at radius 1 is 1.47 bits per heavy atom. The van der Waals surface area contributed by atoms with Crippen LogP contribution in [0.3, 0.4) is 0 Å². The molecular weight excluding hydrogens is 232 g/mol. The summed E-state index contributed by atoms with van der Waals surface area (Å²) in [7, 11) is 1.66. The summed E-state index contributed by atoms with van der Waals surface area (Å²) in [4.78, 5) is 3.19. The maximum Gasteiger partial charge on any atom is 0.178 e. The molecule has 0 aliphatic heterocycles. The van der Waals surface area contributed by atoms with E-state index < -0.39 is 0 Å². The lowest BCUT2D eigenvalue weighted by atomic mass is 10.3. The molecule has 0 fully saturated rings. The summed E-state index contributed by atoms with van der Waals surface area (Å²) in [5.41, 5.74) is 3.40. The summed E-state index contributed by atoms with van der Waals surface area (Å²) in [6.07, 6.45) is 2.16. The summed E-state index contributed by atoms with van der Waals surface area (Å²) in [6, 6.07) is 5.94. The zero-order valence-corrected chi connectivity index (χ0v) is 11.1. The van der Waals surface area contributed by atoms with Gasteiger partial charge >= 0.3 is 0 Å². The highest BCUT2D eigenvalue weighted by molar-refractivity contribution is 7.71. The standard InChI is InChI=1S/C13H16N2OS/c1-9(2)6-7-15-12-5-4-10(16-3)8-11(12)14-13(15)17/h4-6,8H,7H2,1-3H3,(H,14,17). The van der Waals surface area contributed by atoms with E-state index in [0.717, 1.165) is 28.1 Å². The fourth-order valence-electron chi connectivity index (χ4n) is 1.72. The van der Waals surface area contributed by atoms with Crippen LogP contribution < -0.4 is 4.74 Å². The number of imidazole rings is 1. The molecule has 1 heterocycles. The molecule has 0 saturated carbocycles. The van der Waals surface area contributed by atoms with E-state index in [1.54, 1.807) is 7.11 Å². The molecule has 0 spiro atoms. The molecule has 4 heteroatoms. The normalized spacial score (nSPS) is 10.5. The van der Waals surface area contributed by atoms with E-state index in [1.807, 2.05) is 18.2 Å². The third-order valence-electron chi connectivity index (χ3n) is 2.66. The Morgan fingerprint density at radius 2 is 2.24 bits per heavy atom. The summed E-state index contributed by atoms with van der Waals surface area (Å²) < 4.78 is 8.02. The van der Waals surface area contributed by atoms with Gasteiger partial charge in [0, 0.05) is 12.6 Å². The highest BCUT2D eigenvalue weighted by Crippen LogP contribution is 2.20. The van der Waals surface area contributed by atoms with Crippen molar-refractivity contribution in [2.45, 2.75) is 20.4 Å². The molecular formula is C13H16N2OS. The van der Waals surface area contributed by atoms with Crippen molar-refractivity contribution in [1.29, 1.82) is 0 Å². The average molecular weight is 248 g/mol. The van der Waals surface area contributed by atoms with Gasteiger partial charge in [0.2, 0.25) is 0 Å². The molecule has 2 aromatic rings. The molecule has 1 aromatic carbocycles. The number of nitrogens with one attached hydrogen (secondary N) is 1. The van der Waals surface area contributed by atoms with Gasteiger partial charge in [-0.3, -0.25) is 0 Å². The van der Waals surface area contributed by atoms with Crippen LogP contribution in [0.1, 0.15) is 13.8 Å². The first-order valence-electron chi connectivity index (χ1n) is 5.51. The molecule has 0 bridgehead atoms. The summed E-state index contributed by atoms with van der Waals surface area (Å²) in [5.74, 6) is 0.836. The number of ether oxygens (including phenoxy) is 1.